The van der Waals surface area contributed by atoms with E-state index in [4.69, 9.17) is 0 Å². The van der Waals surface area contributed by atoms with Crippen LogP contribution in [0.3, 0.4) is 0 Å². The summed E-state index contributed by atoms with van der Waals surface area (Å²) >= 11 is 3.47. The molecule has 1 aromatic heterocycles. The van der Waals surface area contributed by atoms with E-state index in [0.29, 0.717) is 11.0 Å². The van der Waals surface area contributed by atoms with Crippen LogP contribution in [0.5, 0.6) is 0 Å². The van der Waals surface area contributed by atoms with Crippen molar-refractivity contribution in [3.8, 4) is 0 Å². The molecule has 0 bridgehead atoms. The molecule has 0 atom stereocenters. The molecule has 2 heterocycles. The lowest BCUT2D eigenvalue weighted by molar-refractivity contribution is 0.378. The number of hydrogen-bond donors (Lipinski definition) is 1. The Labute approximate surface area is 128 Å². The van der Waals surface area contributed by atoms with Crippen molar-refractivity contribution in [2.45, 2.75) is 45.7 Å². The Morgan fingerprint density at radius 1 is 1.50 bits per heavy atom. The van der Waals surface area contributed by atoms with E-state index in [0.717, 1.165) is 38.2 Å². The van der Waals surface area contributed by atoms with Gasteiger partial charge in [0.25, 0.3) is 5.56 Å². The highest BCUT2D eigenvalue weighted by atomic mass is 79.9. The Morgan fingerprint density at radius 2 is 2.25 bits per heavy atom. The Balaban J connectivity index is 2.33. The van der Waals surface area contributed by atoms with E-state index < -0.39 is 0 Å². The highest BCUT2D eigenvalue weighted by Gasteiger charge is 2.31. The van der Waals surface area contributed by atoms with Gasteiger partial charge < -0.3 is 10.2 Å². The first-order valence-corrected chi connectivity index (χ1v) is 8.00. The zero-order chi connectivity index (χ0) is 14.8. The Kier molecular flexibility index (Phi) is 4.86. The van der Waals surface area contributed by atoms with Crippen molar-refractivity contribution in [3.05, 3.63) is 21.0 Å². The van der Waals surface area contributed by atoms with Gasteiger partial charge in [-0.25, -0.2) is 4.68 Å². The molecule has 0 unspecified atom stereocenters. The molecule has 1 saturated heterocycles. The summed E-state index contributed by atoms with van der Waals surface area (Å²) < 4.78 is 2.17. The molecule has 5 nitrogen and oxygen atoms in total. The van der Waals surface area contributed by atoms with Crippen LogP contribution in [0.1, 0.15) is 33.6 Å². The summed E-state index contributed by atoms with van der Waals surface area (Å²) in [5, 5.41) is 7.72. The molecule has 0 saturated carbocycles. The largest absolute Gasteiger partial charge is 0.361 e. The van der Waals surface area contributed by atoms with E-state index in [1.165, 1.54) is 0 Å². The van der Waals surface area contributed by atoms with Crippen LogP contribution in [0.4, 0.5) is 5.69 Å². The summed E-state index contributed by atoms with van der Waals surface area (Å²) in [6, 6.07) is 0. The van der Waals surface area contributed by atoms with Crippen LogP contribution < -0.4 is 15.8 Å². The molecule has 1 fully saturated rings. The van der Waals surface area contributed by atoms with Gasteiger partial charge in [0.1, 0.15) is 4.47 Å². The highest BCUT2D eigenvalue weighted by Crippen LogP contribution is 2.29. The standard InChI is InChI=1S/C14H23BrN4O/c1-4-5-7-19-13(20)12(15)11(9-17-19)18-8-6-16-10-14(18,2)3/h9,16H,4-8,10H2,1-3H3. The maximum atomic E-state index is 12.4. The molecule has 0 amide bonds. The normalized spacial score (nSPS) is 18.3. The number of piperazine rings is 1. The molecule has 20 heavy (non-hydrogen) atoms. The van der Waals surface area contributed by atoms with Crippen molar-refractivity contribution < 1.29 is 0 Å². The van der Waals surface area contributed by atoms with Crippen LogP contribution in [0.25, 0.3) is 0 Å². The summed E-state index contributed by atoms with van der Waals surface area (Å²) in [7, 11) is 0. The molecule has 0 aliphatic carbocycles. The van der Waals surface area contributed by atoms with E-state index in [-0.39, 0.29) is 11.1 Å². The van der Waals surface area contributed by atoms with Gasteiger partial charge in [-0.1, -0.05) is 13.3 Å². The molecule has 6 heteroatoms. The summed E-state index contributed by atoms with van der Waals surface area (Å²) in [5.41, 5.74) is 0.837. The number of rotatable bonds is 4. The second kappa shape index (κ2) is 6.26. The molecular weight excluding hydrogens is 320 g/mol. The average molecular weight is 343 g/mol. The molecule has 0 spiro atoms. The summed E-state index contributed by atoms with van der Waals surface area (Å²) in [4.78, 5) is 14.6. The predicted octanol–water partition coefficient (Wildman–Crippen LogP) is 1.99. The molecular formula is C14H23BrN4O. The number of halogens is 1. The quantitative estimate of drug-likeness (QED) is 0.909. The summed E-state index contributed by atoms with van der Waals surface area (Å²) in [6.45, 7) is 9.85. The van der Waals surface area contributed by atoms with Crippen LogP contribution in [-0.2, 0) is 6.54 Å². The van der Waals surface area contributed by atoms with E-state index in [9.17, 15) is 4.79 Å². The summed E-state index contributed by atoms with van der Waals surface area (Å²) in [6.07, 6.45) is 3.84. The van der Waals surface area contributed by atoms with Gasteiger partial charge >= 0.3 is 0 Å². The van der Waals surface area contributed by atoms with E-state index in [1.54, 1.807) is 4.68 Å². The first kappa shape index (κ1) is 15.5. The van der Waals surface area contributed by atoms with Crippen molar-refractivity contribution in [1.29, 1.82) is 0 Å². The molecule has 112 valence electrons. The topological polar surface area (TPSA) is 50.2 Å². The van der Waals surface area contributed by atoms with Crippen molar-refractivity contribution >= 4 is 21.6 Å². The molecule has 0 aromatic carbocycles. The van der Waals surface area contributed by atoms with E-state index in [2.05, 4.69) is 52.0 Å². The van der Waals surface area contributed by atoms with Crippen LogP contribution in [0, 0.1) is 0 Å². The van der Waals surface area contributed by atoms with Gasteiger partial charge in [0, 0.05) is 31.7 Å². The fourth-order valence-electron chi connectivity index (χ4n) is 2.54. The maximum absolute atomic E-state index is 12.4. The van der Waals surface area contributed by atoms with Gasteiger partial charge in [0.15, 0.2) is 0 Å². The maximum Gasteiger partial charge on any atom is 0.283 e. The molecule has 1 aromatic rings. The number of aryl methyl sites for hydroxylation is 1. The zero-order valence-corrected chi connectivity index (χ0v) is 14.0. The third-order valence-corrected chi connectivity index (χ3v) is 4.53. The van der Waals surface area contributed by atoms with Gasteiger partial charge in [0.05, 0.1) is 11.9 Å². The van der Waals surface area contributed by atoms with Crippen molar-refractivity contribution in [3.63, 3.8) is 0 Å². The number of unbranched alkanes of at least 4 members (excludes halogenated alkanes) is 1. The second-order valence-electron chi connectivity index (χ2n) is 5.87. The molecule has 1 N–H and O–H groups in total. The number of nitrogens with zero attached hydrogens (tertiary/aromatic N) is 3. The Morgan fingerprint density at radius 3 is 2.90 bits per heavy atom. The Bertz CT molecular complexity index is 526. The van der Waals surface area contributed by atoms with Gasteiger partial charge in [-0.05, 0) is 36.2 Å². The first-order chi connectivity index (χ1) is 9.47. The minimum atomic E-state index is -0.0368. The van der Waals surface area contributed by atoms with Crippen molar-refractivity contribution in [2.24, 2.45) is 0 Å². The van der Waals surface area contributed by atoms with E-state index in [1.807, 2.05) is 6.20 Å². The highest BCUT2D eigenvalue weighted by molar-refractivity contribution is 9.10. The molecule has 2 rings (SSSR count). The second-order valence-corrected chi connectivity index (χ2v) is 6.66. The molecule has 0 radical (unpaired) electrons. The van der Waals surface area contributed by atoms with Crippen LogP contribution >= 0.6 is 15.9 Å². The number of aromatic nitrogens is 2. The van der Waals surface area contributed by atoms with Gasteiger partial charge in [-0.15, -0.1) is 0 Å². The first-order valence-electron chi connectivity index (χ1n) is 7.21. The summed E-state index contributed by atoms with van der Waals surface area (Å²) in [5.74, 6) is 0. The third kappa shape index (κ3) is 3.06. The fourth-order valence-corrected chi connectivity index (χ4v) is 3.06. The van der Waals surface area contributed by atoms with Gasteiger partial charge in [0.2, 0.25) is 0 Å². The Hall–Kier alpha value is -0.880. The van der Waals surface area contributed by atoms with Gasteiger partial charge in [-0.3, -0.25) is 4.79 Å². The fraction of sp³-hybridized carbons (Fsp3) is 0.714. The number of hydrogen-bond acceptors (Lipinski definition) is 4. The minimum absolute atomic E-state index is 0.0233. The van der Waals surface area contributed by atoms with Crippen molar-refractivity contribution in [2.75, 3.05) is 24.5 Å². The lowest BCUT2D eigenvalue weighted by atomic mass is 9.99. The third-order valence-electron chi connectivity index (χ3n) is 3.78. The van der Waals surface area contributed by atoms with Crippen LogP contribution in [-0.4, -0.2) is 35.0 Å². The lowest BCUT2D eigenvalue weighted by Gasteiger charge is -2.44. The smallest absolute Gasteiger partial charge is 0.283 e. The zero-order valence-electron chi connectivity index (χ0n) is 12.4. The molecule has 1 aliphatic rings. The average Bonchev–Trinajstić information content (AvgIpc) is 2.41. The molecule has 1 aliphatic heterocycles. The lowest BCUT2D eigenvalue weighted by Crippen LogP contribution is -2.58. The predicted molar refractivity (Wildman–Crippen MR) is 85.4 cm³/mol. The SMILES string of the molecule is CCCCn1ncc(N2CCNCC2(C)C)c(Br)c1=O. The van der Waals surface area contributed by atoms with E-state index >= 15 is 0 Å². The number of anilines is 1. The minimum Gasteiger partial charge on any atom is -0.361 e. The number of nitrogens with one attached hydrogen (secondary N) is 1. The van der Waals surface area contributed by atoms with Crippen molar-refractivity contribution in [1.82, 2.24) is 15.1 Å². The van der Waals surface area contributed by atoms with Gasteiger partial charge in [-0.2, -0.15) is 5.10 Å². The van der Waals surface area contributed by atoms with Crippen LogP contribution in [0.15, 0.2) is 15.5 Å². The monoisotopic (exact) mass is 342 g/mol. The van der Waals surface area contributed by atoms with Crippen LogP contribution in [0.2, 0.25) is 0 Å².